The van der Waals surface area contributed by atoms with Gasteiger partial charge < -0.3 is 5.11 Å². The number of carboxylic acids is 1. The monoisotopic (exact) mass is 385 g/mol. The van der Waals surface area contributed by atoms with Gasteiger partial charge in [-0.05, 0) is 30.3 Å². The van der Waals surface area contributed by atoms with Crippen molar-refractivity contribution < 1.29 is 9.90 Å². The van der Waals surface area contributed by atoms with E-state index < -0.39 is 5.97 Å². The Morgan fingerprint density at radius 2 is 2.08 bits per heavy atom. The predicted molar refractivity (Wildman–Crippen MR) is 101 cm³/mol. The van der Waals surface area contributed by atoms with E-state index in [1.54, 1.807) is 12.1 Å². The number of pyridine rings is 1. The molecule has 0 saturated heterocycles. The molecule has 0 aliphatic rings. The highest BCUT2D eigenvalue weighted by molar-refractivity contribution is 7.19. The zero-order chi connectivity index (χ0) is 18.3. The molecule has 1 aromatic carbocycles. The van der Waals surface area contributed by atoms with E-state index >= 15 is 0 Å². The van der Waals surface area contributed by atoms with Crippen molar-refractivity contribution in [2.24, 2.45) is 0 Å². The van der Waals surface area contributed by atoms with Crippen LogP contribution in [0.3, 0.4) is 0 Å². The number of thiophene rings is 1. The molecule has 4 rings (SSSR count). The molecule has 0 aliphatic carbocycles. The summed E-state index contributed by atoms with van der Waals surface area (Å²) in [5.41, 5.74) is 0.190. The number of nitrogens with zero attached hydrogens (tertiary/aromatic N) is 3. The zero-order valence-corrected chi connectivity index (χ0v) is 14.9. The van der Waals surface area contributed by atoms with E-state index in [1.807, 2.05) is 24.3 Å². The molecule has 26 heavy (non-hydrogen) atoms. The fourth-order valence-corrected chi connectivity index (χ4v) is 4.22. The normalized spacial score (nSPS) is 11.3. The minimum atomic E-state index is -1.01. The van der Waals surface area contributed by atoms with Crippen molar-refractivity contribution in [1.82, 2.24) is 14.8 Å². The van der Waals surface area contributed by atoms with Gasteiger partial charge in [0.1, 0.15) is 5.52 Å². The van der Waals surface area contributed by atoms with Crippen molar-refractivity contribution in [3.8, 4) is 0 Å². The number of carboxylic acid groups (broad SMARTS) is 1. The summed E-state index contributed by atoms with van der Waals surface area (Å²) in [5, 5.41) is 15.5. The van der Waals surface area contributed by atoms with Gasteiger partial charge in [-0.2, -0.15) is 5.10 Å². The number of hydrogen-bond donors (Lipinski definition) is 1. The van der Waals surface area contributed by atoms with Crippen LogP contribution in [0.15, 0.2) is 47.4 Å². The van der Waals surface area contributed by atoms with Gasteiger partial charge in [0.2, 0.25) is 0 Å². The number of aliphatic carboxylic acids is 1. The average molecular weight is 386 g/mol. The Morgan fingerprint density at radius 3 is 2.85 bits per heavy atom. The lowest BCUT2D eigenvalue weighted by Crippen LogP contribution is -2.26. The van der Waals surface area contributed by atoms with Crippen LogP contribution in [0.5, 0.6) is 0 Å². The van der Waals surface area contributed by atoms with Crippen molar-refractivity contribution in [3.63, 3.8) is 0 Å². The van der Waals surface area contributed by atoms with Gasteiger partial charge in [-0.25, -0.2) is 4.68 Å². The second kappa shape index (κ2) is 6.51. The number of hydrogen-bond acceptors (Lipinski definition) is 5. The summed E-state index contributed by atoms with van der Waals surface area (Å²) in [6, 6.07) is 10.9. The average Bonchev–Trinajstić information content (AvgIpc) is 3.03. The first-order valence-corrected chi connectivity index (χ1v) is 8.96. The van der Waals surface area contributed by atoms with Gasteiger partial charge in [0.15, 0.2) is 0 Å². The fraction of sp³-hybridized carbons (Fsp3) is 0.111. The lowest BCUT2D eigenvalue weighted by Gasteiger charge is -2.08. The molecular weight excluding hydrogens is 374 g/mol. The van der Waals surface area contributed by atoms with E-state index in [1.165, 1.54) is 22.2 Å². The first kappa shape index (κ1) is 16.7. The highest BCUT2D eigenvalue weighted by Crippen LogP contribution is 2.31. The van der Waals surface area contributed by atoms with E-state index in [4.69, 9.17) is 16.7 Å². The van der Waals surface area contributed by atoms with Crippen molar-refractivity contribution >= 4 is 49.9 Å². The third-order valence-corrected chi connectivity index (χ3v) is 5.40. The summed E-state index contributed by atoms with van der Waals surface area (Å²) in [6.45, 7) is 0.230. The van der Waals surface area contributed by atoms with Crippen molar-refractivity contribution in [2.45, 2.75) is 13.0 Å². The number of benzene rings is 1. The maximum absolute atomic E-state index is 12.7. The highest BCUT2D eigenvalue weighted by atomic mass is 35.5. The third kappa shape index (κ3) is 2.95. The summed E-state index contributed by atoms with van der Waals surface area (Å²) >= 11 is 7.73. The van der Waals surface area contributed by atoms with Gasteiger partial charge in [-0.3, -0.25) is 14.6 Å². The van der Waals surface area contributed by atoms with Gasteiger partial charge in [0, 0.05) is 31.6 Å². The molecule has 0 unspecified atom stereocenters. The second-order valence-electron chi connectivity index (χ2n) is 5.74. The smallest absolute Gasteiger partial charge is 0.309 e. The van der Waals surface area contributed by atoms with Crippen LogP contribution in [0.4, 0.5) is 0 Å². The van der Waals surface area contributed by atoms with Crippen LogP contribution in [0.2, 0.25) is 5.02 Å². The molecular formula is C18H12ClN3O3S. The van der Waals surface area contributed by atoms with Gasteiger partial charge in [-0.1, -0.05) is 17.7 Å². The van der Waals surface area contributed by atoms with Gasteiger partial charge in [-0.15, -0.1) is 11.3 Å². The molecule has 1 N–H and O–H groups in total. The Kier molecular flexibility index (Phi) is 4.18. The van der Waals surface area contributed by atoms with Gasteiger partial charge in [0.05, 0.1) is 18.7 Å². The molecule has 3 heterocycles. The Labute approximate surface area is 156 Å². The van der Waals surface area contributed by atoms with Crippen molar-refractivity contribution in [2.75, 3.05) is 0 Å². The maximum Gasteiger partial charge on any atom is 0.309 e. The number of fused-ring (bicyclic) bond motifs is 2. The zero-order valence-electron chi connectivity index (χ0n) is 13.3. The minimum absolute atomic E-state index is 0.220. The summed E-state index contributed by atoms with van der Waals surface area (Å²) in [5.74, 6) is -1.01. The number of carbonyl (C=O) groups is 1. The topological polar surface area (TPSA) is 85.1 Å². The molecule has 0 spiro atoms. The van der Waals surface area contributed by atoms with Crippen molar-refractivity contribution in [1.29, 1.82) is 0 Å². The Bertz CT molecular complexity index is 1220. The fourth-order valence-electron chi connectivity index (χ4n) is 2.86. The highest BCUT2D eigenvalue weighted by Gasteiger charge is 2.15. The molecule has 0 atom stereocenters. The van der Waals surface area contributed by atoms with E-state index in [2.05, 4.69) is 10.1 Å². The second-order valence-corrected chi connectivity index (χ2v) is 7.32. The third-order valence-electron chi connectivity index (χ3n) is 3.98. The molecule has 0 radical (unpaired) electrons. The summed E-state index contributed by atoms with van der Waals surface area (Å²) in [6.07, 6.45) is 1.23. The van der Waals surface area contributed by atoms with Crippen LogP contribution < -0.4 is 5.56 Å². The van der Waals surface area contributed by atoms with Crippen LogP contribution in [-0.4, -0.2) is 25.8 Å². The number of halogens is 1. The first-order chi connectivity index (χ1) is 12.5. The van der Waals surface area contributed by atoms with Crippen LogP contribution in [0, 0.1) is 0 Å². The molecule has 3 aromatic heterocycles. The minimum Gasteiger partial charge on any atom is -0.481 e. The predicted octanol–water partition coefficient (Wildman–Crippen LogP) is 3.34. The molecule has 6 nitrogen and oxygen atoms in total. The van der Waals surface area contributed by atoms with E-state index in [9.17, 15) is 9.59 Å². The lowest BCUT2D eigenvalue weighted by atomic mass is 10.2. The Morgan fingerprint density at radius 1 is 1.23 bits per heavy atom. The lowest BCUT2D eigenvalue weighted by molar-refractivity contribution is -0.136. The van der Waals surface area contributed by atoms with E-state index in [0.29, 0.717) is 16.1 Å². The molecule has 0 amide bonds. The Balaban J connectivity index is 1.85. The summed E-state index contributed by atoms with van der Waals surface area (Å²) in [7, 11) is 0. The standard InChI is InChI=1S/C18H12ClN3O3S/c19-13-4-1-5-15-12(13)7-10(26-15)9-22-18(25)17-11(3-2-6-20-17)14(21-22)8-16(23)24/h1-7H,8-9H2,(H,23,24). The molecule has 4 aromatic rings. The first-order valence-electron chi connectivity index (χ1n) is 7.76. The van der Waals surface area contributed by atoms with Crippen LogP contribution >= 0.6 is 22.9 Å². The molecule has 0 saturated carbocycles. The largest absolute Gasteiger partial charge is 0.481 e. The van der Waals surface area contributed by atoms with Crippen LogP contribution in [0.1, 0.15) is 10.6 Å². The maximum atomic E-state index is 12.7. The van der Waals surface area contributed by atoms with E-state index in [0.717, 1.165) is 15.0 Å². The molecule has 0 fully saturated rings. The SMILES string of the molecule is O=C(O)Cc1nn(Cc2cc3c(Cl)cccc3s2)c(=O)c2ncccc12. The molecule has 130 valence electrons. The van der Waals surface area contributed by atoms with Gasteiger partial charge >= 0.3 is 5.97 Å². The molecule has 0 bridgehead atoms. The Hall–Kier alpha value is -2.77. The van der Waals surface area contributed by atoms with Crippen molar-refractivity contribution in [3.05, 3.63) is 68.5 Å². The molecule has 0 aliphatic heterocycles. The number of aromatic nitrogens is 3. The van der Waals surface area contributed by atoms with Crippen LogP contribution in [0.25, 0.3) is 21.0 Å². The molecule has 8 heteroatoms. The number of rotatable bonds is 4. The quantitative estimate of drug-likeness (QED) is 0.582. The van der Waals surface area contributed by atoms with E-state index in [-0.39, 0.29) is 24.0 Å². The summed E-state index contributed by atoms with van der Waals surface area (Å²) < 4.78 is 2.29. The summed E-state index contributed by atoms with van der Waals surface area (Å²) in [4.78, 5) is 28.9. The van der Waals surface area contributed by atoms with Crippen LogP contribution in [-0.2, 0) is 17.8 Å². The van der Waals surface area contributed by atoms with Gasteiger partial charge in [0.25, 0.3) is 5.56 Å².